The summed E-state index contributed by atoms with van der Waals surface area (Å²) in [5.74, 6) is -0.121. The van der Waals surface area contributed by atoms with E-state index in [0.29, 0.717) is 34.7 Å². The number of carbonyl (C=O) groups excluding carboxylic acids is 1. The molecule has 0 bridgehead atoms. The molecule has 2 N–H and O–H groups in total. The van der Waals surface area contributed by atoms with Crippen LogP contribution in [0.25, 0.3) is 0 Å². The Morgan fingerprint density at radius 2 is 2.05 bits per heavy atom. The number of aryl methyl sites for hydroxylation is 1. The van der Waals surface area contributed by atoms with Gasteiger partial charge in [-0.25, -0.2) is 4.39 Å². The molecule has 0 aliphatic heterocycles. The summed E-state index contributed by atoms with van der Waals surface area (Å²) in [6, 6.07) is 9.05. The lowest BCUT2D eigenvalue weighted by atomic mass is 10.1. The average Bonchev–Trinajstić information content (AvgIpc) is 2.48. The molecular weight excluding hydrogens is 285 g/mol. The van der Waals surface area contributed by atoms with E-state index < -0.39 is 0 Å². The maximum atomic E-state index is 13.1. The smallest absolute Gasteiger partial charge is 0.255 e. The van der Waals surface area contributed by atoms with Crippen LogP contribution in [0.4, 0.5) is 10.1 Å². The normalized spacial score (nSPS) is 10.4. The third kappa shape index (κ3) is 3.62. The minimum atomic E-state index is -0.377. The zero-order valence-corrected chi connectivity index (χ0v) is 12.5. The van der Waals surface area contributed by atoms with Gasteiger partial charge in [-0.2, -0.15) is 0 Å². The molecule has 4 nitrogen and oxygen atoms in total. The largest absolute Gasteiger partial charge is 0.494 e. The summed E-state index contributed by atoms with van der Waals surface area (Å²) < 4.78 is 18.5. The Bertz CT molecular complexity index is 686. The number of hydrogen-bond donors (Lipinski definition) is 2. The Morgan fingerprint density at radius 3 is 2.68 bits per heavy atom. The highest BCUT2D eigenvalue weighted by Crippen LogP contribution is 2.23. The minimum absolute atomic E-state index is 0.186. The summed E-state index contributed by atoms with van der Waals surface area (Å²) in [6.45, 7) is 3.84. The Hall–Kier alpha value is -2.40. The van der Waals surface area contributed by atoms with E-state index in [2.05, 4.69) is 5.32 Å². The Labute approximate surface area is 128 Å². The molecule has 2 aromatic carbocycles. The van der Waals surface area contributed by atoms with E-state index in [4.69, 9.17) is 4.74 Å². The molecule has 2 rings (SSSR count). The van der Waals surface area contributed by atoms with Gasteiger partial charge in [-0.3, -0.25) is 4.79 Å². The molecule has 0 aliphatic carbocycles. The van der Waals surface area contributed by atoms with Crippen molar-refractivity contribution in [3.05, 3.63) is 58.9 Å². The van der Waals surface area contributed by atoms with E-state index in [-0.39, 0.29) is 18.3 Å². The van der Waals surface area contributed by atoms with Crippen molar-refractivity contribution in [3.63, 3.8) is 0 Å². The van der Waals surface area contributed by atoms with E-state index in [9.17, 15) is 14.3 Å². The third-order valence-corrected chi connectivity index (χ3v) is 3.22. The zero-order chi connectivity index (χ0) is 16.1. The minimum Gasteiger partial charge on any atom is -0.494 e. The molecule has 1 amide bonds. The first kappa shape index (κ1) is 16.0. The van der Waals surface area contributed by atoms with Crippen molar-refractivity contribution in [1.29, 1.82) is 0 Å². The fourth-order valence-corrected chi connectivity index (χ4v) is 2.16. The van der Waals surface area contributed by atoms with Crippen LogP contribution < -0.4 is 10.1 Å². The van der Waals surface area contributed by atoms with Gasteiger partial charge in [-0.15, -0.1) is 0 Å². The van der Waals surface area contributed by atoms with Gasteiger partial charge in [-0.05, 0) is 55.8 Å². The van der Waals surface area contributed by atoms with Crippen LogP contribution in [0, 0.1) is 12.7 Å². The first-order valence-electron chi connectivity index (χ1n) is 6.99. The summed E-state index contributed by atoms with van der Waals surface area (Å²) in [6.07, 6.45) is 0. The SMILES string of the molecule is CCOc1ccc(NC(=O)c2ccc(F)cc2C)cc1CO. The molecule has 116 valence electrons. The van der Waals surface area contributed by atoms with E-state index >= 15 is 0 Å². The van der Waals surface area contributed by atoms with Gasteiger partial charge in [-0.1, -0.05) is 0 Å². The molecule has 5 heteroatoms. The number of benzene rings is 2. The van der Waals surface area contributed by atoms with Crippen LogP contribution in [-0.4, -0.2) is 17.6 Å². The van der Waals surface area contributed by atoms with Gasteiger partial charge < -0.3 is 15.2 Å². The molecule has 0 radical (unpaired) electrons. The van der Waals surface area contributed by atoms with Gasteiger partial charge in [0.15, 0.2) is 0 Å². The van der Waals surface area contributed by atoms with E-state index in [1.165, 1.54) is 18.2 Å². The van der Waals surface area contributed by atoms with Gasteiger partial charge in [0.25, 0.3) is 5.91 Å². The third-order valence-electron chi connectivity index (χ3n) is 3.22. The number of aliphatic hydroxyl groups is 1. The van der Waals surface area contributed by atoms with Crippen molar-refractivity contribution in [1.82, 2.24) is 0 Å². The molecule has 22 heavy (non-hydrogen) atoms. The number of amides is 1. The summed E-state index contributed by atoms with van der Waals surface area (Å²) in [5, 5.41) is 12.1. The van der Waals surface area contributed by atoms with E-state index in [1.54, 1.807) is 25.1 Å². The fraction of sp³-hybridized carbons (Fsp3) is 0.235. The quantitative estimate of drug-likeness (QED) is 0.891. The number of rotatable bonds is 5. The van der Waals surface area contributed by atoms with Crippen molar-refractivity contribution in [3.8, 4) is 5.75 Å². The van der Waals surface area contributed by atoms with Crippen molar-refractivity contribution in [2.45, 2.75) is 20.5 Å². The predicted molar refractivity (Wildman–Crippen MR) is 82.6 cm³/mol. The molecule has 0 heterocycles. The lowest BCUT2D eigenvalue weighted by molar-refractivity contribution is 0.102. The van der Waals surface area contributed by atoms with Gasteiger partial charge in [0.2, 0.25) is 0 Å². The van der Waals surface area contributed by atoms with Crippen LogP contribution in [0.15, 0.2) is 36.4 Å². The highest BCUT2D eigenvalue weighted by molar-refractivity contribution is 6.05. The topological polar surface area (TPSA) is 58.6 Å². The van der Waals surface area contributed by atoms with Crippen LogP contribution in [0.1, 0.15) is 28.4 Å². The van der Waals surface area contributed by atoms with Gasteiger partial charge in [0.1, 0.15) is 11.6 Å². The Balaban J connectivity index is 2.21. The molecule has 0 atom stereocenters. The molecule has 0 saturated carbocycles. The van der Waals surface area contributed by atoms with Crippen LogP contribution in [-0.2, 0) is 6.61 Å². The number of nitrogens with one attached hydrogen (secondary N) is 1. The molecule has 0 aliphatic rings. The fourth-order valence-electron chi connectivity index (χ4n) is 2.16. The summed E-state index contributed by atoms with van der Waals surface area (Å²) in [7, 11) is 0. The van der Waals surface area contributed by atoms with Crippen molar-refractivity contribution in [2.24, 2.45) is 0 Å². The molecular formula is C17H18FNO3. The van der Waals surface area contributed by atoms with Crippen molar-refractivity contribution >= 4 is 11.6 Å². The molecule has 0 spiro atoms. The van der Waals surface area contributed by atoms with Crippen molar-refractivity contribution in [2.75, 3.05) is 11.9 Å². The second kappa shape index (κ2) is 7.04. The molecule has 0 fully saturated rings. The first-order chi connectivity index (χ1) is 10.5. The second-order valence-electron chi connectivity index (χ2n) is 4.83. The lowest BCUT2D eigenvalue weighted by Crippen LogP contribution is -2.13. The molecule has 2 aromatic rings. The zero-order valence-electron chi connectivity index (χ0n) is 12.5. The Morgan fingerprint density at radius 1 is 1.27 bits per heavy atom. The van der Waals surface area contributed by atoms with Crippen LogP contribution in [0.5, 0.6) is 5.75 Å². The summed E-state index contributed by atoms with van der Waals surface area (Å²) in [4.78, 5) is 12.2. The van der Waals surface area contributed by atoms with Crippen molar-refractivity contribution < 1.29 is 19.0 Å². The van der Waals surface area contributed by atoms with E-state index in [0.717, 1.165) is 0 Å². The maximum absolute atomic E-state index is 13.1. The van der Waals surface area contributed by atoms with E-state index in [1.807, 2.05) is 6.92 Å². The first-order valence-corrected chi connectivity index (χ1v) is 6.99. The highest BCUT2D eigenvalue weighted by atomic mass is 19.1. The molecule has 0 aromatic heterocycles. The lowest BCUT2D eigenvalue weighted by Gasteiger charge is -2.12. The summed E-state index contributed by atoms with van der Waals surface area (Å²) in [5.41, 5.74) is 2.10. The van der Waals surface area contributed by atoms with Crippen LogP contribution in [0.3, 0.4) is 0 Å². The van der Waals surface area contributed by atoms with Gasteiger partial charge >= 0.3 is 0 Å². The second-order valence-corrected chi connectivity index (χ2v) is 4.83. The molecule has 0 saturated heterocycles. The number of hydrogen-bond acceptors (Lipinski definition) is 3. The number of anilines is 1. The Kier molecular flexibility index (Phi) is 5.12. The predicted octanol–water partition coefficient (Wildman–Crippen LogP) is 3.28. The molecule has 0 unspecified atom stereocenters. The van der Waals surface area contributed by atoms with Crippen LogP contribution >= 0.6 is 0 Å². The standard InChI is InChI=1S/C17H18FNO3/c1-3-22-16-7-5-14(9-12(16)10-20)19-17(21)15-6-4-13(18)8-11(15)2/h4-9,20H,3,10H2,1-2H3,(H,19,21). The maximum Gasteiger partial charge on any atom is 0.255 e. The summed E-state index contributed by atoms with van der Waals surface area (Å²) >= 11 is 0. The van der Waals surface area contributed by atoms with Crippen LogP contribution in [0.2, 0.25) is 0 Å². The van der Waals surface area contributed by atoms with Gasteiger partial charge in [0.05, 0.1) is 13.2 Å². The number of ether oxygens (including phenoxy) is 1. The number of carbonyl (C=O) groups is 1. The average molecular weight is 303 g/mol. The monoisotopic (exact) mass is 303 g/mol. The number of aliphatic hydroxyl groups excluding tert-OH is 1. The van der Waals surface area contributed by atoms with Gasteiger partial charge in [0, 0.05) is 16.8 Å². The number of halogens is 1. The highest BCUT2D eigenvalue weighted by Gasteiger charge is 2.11.